The fourth-order valence-electron chi connectivity index (χ4n) is 1.43. The van der Waals surface area contributed by atoms with Gasteiger partial charge < -0.3 is 5.73 Å². The van der Waals surface area contributed by atoms with Crippen molar-refractivity contribution in [3.63, 3.8) is 0 Å². The highest BCUT2D eigenvalue weighted by Gasteiger charge is 2.17. The van der Waals surface area contributed by atoms with E-state index in [2.05, 4.69) is 20.5 Å². The number of nitrogens with zero attached hydrogens (tertiary/aromatic N) is 3. The highest BCUT2D eigenvalue weighted by molar-refractivity contribution is 5.91. The van der Waals surface area contributed by atoms with Crippen molar-refractivity contribution in [1.82, 2.24) is 15.2 Å². The average molecular weight is 237 g/mol. The molecule has 1 aromatic rings. The number of carbonyl (C=O) groups excluding carboxylic acids is 1. The standard InChI is InChI=1S/C11H19N5O/c1-4-5-9(6-12)10(17)14-11-13-7(2)8(3)15-16-11/h9H,4-6,12H2,1-3H3,(H,13,14,16,17). The maximum atomic E-state index is 11.8. The first kappa shape index (κ1) is 13.5. The molecule has 3 N–H and O–H groups in total. The number of nitrogens with two attached hydrogens (primary N) is 1. The van der Waals surface area contributed by atoms with Gasteiger partial charge in [-0.3, -0.25) is 10.1 Å². The third-order valence-electron chi connectivity index (χ3n) is 2.62. The van der Waals surface area contributed by atoms with Crippen LogP contribution in [0.4, 0.5) is 5.95 Å². The van der Waals surface area contributed by atoms with E-state index < -0.39 is 0 Å². The van der Waals surface area contributed by atoms with Gasteiger partial charge in [0.05, 0.1) is 17.3 Å². The summed E-state index contributed by atoms with van der Waals surface area (Å²) in [7, 11) is 0. The van der Waals surface area contributed by atoms with Crippen molar-refractivity contribution in [2.24, 2.45) is 11.7 Å². The molecule has 1 atom stereocenters. The third-order valence-corrected chi connectivity index (χ3v) is 2.62. The Labute approximate surface area is 101 Å². The van der Waals surface area contributed by atoms with Gasteiger partial charge >= 0.3 is 0 Å². The highest BCUT2D eigenvalue weighted by atomic mass is 16.2. The maximum absolute atomic E-state index is 11.8. The first-order valence-electron chi connectivity index (χ1n) is 5.77. The second-order valence-corrected chi connectivity index (χ2v) is 4.02. The summed E-state index contributed by atoms with van der Waals surface area (Å²) in [5.74, 6) is -0.0859. The van der Waals surface area contributed by atoms with Crippen LogP contribution in [0, 0.1) is 19.8 Å². The molecule has 0 aliphatic carbocycles. The van der Waals surface area contributed by atoms with Crippen molar-refractivity contribution in [2.45, 2.75) is 33.6 Å². The molecule has 1 unspecified atom stereocenters. The smallest absolute Gasteiger partial charge is 0.249 e. The maximum Gasteiger partial charge on any atom is 0.249 e. The van der Waals surface area contributed by atoms with Gasteiger partial charge in [0.25, 0.3) is 0 Å². The molecule has 1 rings (SSSR count). The van der Waals surface area contributed by atoms with Crippen LogP contribution in [0.25, 0.3) is 0 Å². The van der Waals surface area contributed by atoms with E-state index in [0.717, 1.165) is 24.2 Å². The SMILES string of the molecule is CCCC(CN)C(=O)Nc1nnc(C)c(C)n1. The van der Waals surface area contributed by atoms with Crippen LogP contribution in [-0.2, 0) is 4.79 Å². The lowest BCUT2D eigenvalue weighted by molar-refractivity contribution is -0.119. The van der Waals surface area contributed by atoms with E-state index in [4.69, 9.17) is 5.73 Å². The van der Waals surface area contributed by atoms with Gasteiger partial charge in [-0.25, -0.2) is 4.98 Å². The molecule has 0 saturated heterocycles. The zero-order chi connectivity index (χ0) is 12.8. The van der Waals surface area contributed by atoms with Gasteiger partial charge in [-0.1, -0.05) is 13.3 Å². The largest absolute Gasteiger partial charge is 0.330 e. The van der Waals surface area contributed by atoms with Crippen LogP contribution in [0.15, 0.2) is 0 Å². The zero-order valence-electron chi connectivity index (χ0n) is 10.5. The Morgan fingerprint density at radius 2 is 2.06 bits per heavy atom. The molecule has 6 heteroatoms. The second-order valence-electron chi connectivity index (χ2n) is 4.02. The molecule has 0 bridgehead atoms. The Hall–Kier alpha value is -1.56. The van der Waals surface area contributed by atoms with Gasteiger partial charge in [0.2, 0.25) is 11.9 Å². The van der Waals surface area contributed by atoms with Crippen LogP contribution in [0.5, 0.6) is 0 Å². The van der Waals surface area contributed by atoms with Crippen LogP contribution in [0.2, 0.25) is 0 Å². The normalized spacial score (nSPS) is 12.2. The molecule has 0 fully saturated rings. The Kier molecular flexibility index (Phi) is 4.96. The quantitative estimate of drug-likeness (QED) is 0.790. The molecule has 17 heavy (non-hydrogen) atoms. The molecule has 6 nitrogen and oxygen atoms in total. The zero-order valence-corrected chi connectivity index (χ0v) is 10.5. The molecule has 1 aromatic heterocycles. The summed E-state index contributed by atoms with van der Waals surface area (Å²) in [6.07, 6.45) is 1.68. The van der Waals surface area contributed by atoms with Crippen LogP contribution in [0.1, 0.15) is 31.2 Å². The van der Waals surface area contributed by atoms with Gasteiger partial charge in [0, 0.05) is 6.54 Å². The minimum atomic E-state index is -0.190. The lowest BCUT2D eigenvalue weighted by Crippen LogP contribution is -2.30. The number of amides is 1. The van der Waals surface area contributed by atoms with E-state index in [0.29, 0.717) is 6.54 Å². The lowest BCUT2D eigenvalue weighted by Gasteiger charge is -2.12. The van der Waals surface area contributed by atoms with Crippen LogP contribution in [0.3, 0.4) is 0 Å². The van der Waals surface area contributed by atoms with Gasteiger partial charge in [0.1, 0.15) is 0 Å². The van der Waals surface area contributed by atoms with Crippen molar-refractivity contribution in [3.8, 4) is 0 Å². The summed E-state index contributed by atoms with van der Waals surface area (Å²) in [5.41, 5.74) is 7.07. The van der Waals surface area contributed by atoms with E-state index in [1.165, 1.54) is 0 Å². The van der Waals surface area contributed by atoms with E-state index in [-0.39, 0.29) is 17.8 Å². The van der Waals surface area contributed by atoms with Gasteiger partial charge in [-0.05, 0) is 20.3 Å². The van der Waals surface area contributed by atoms with E-state index in [1.54, 1.807) is 0 Å². The van der Waals surface area contributed by atoms with Crippen molar-refractivity contribution >= 4 is 11.9 Å². The third kappa shape index (κ3) is 3.74. The number of carbonyl (C=O) groups is 1. The molecule has 1 amide bonds. The summed E-state index contributed by atoms with van der Waals surface area (Å²) in [6.45, 7) is 5.99. The molecule has 0 aliphatic heterocycles. The number of rotatable bonds is 5. The average Bonchev–Trinajstić information content (AvgIpc) is 2.30. The molecule has 0 aliphatic rings. The van der Waals surface area contributed by atoms with Crippen molar-refractivity contribution in [2.75, 3.05) is 11.9 Å². The minimum Gasteiger partial charge on any atom is -0.330 e. The van der Waals surface area contributed by atoms with Crippen LogP contribution < -0.4 is 11.1 Å². The summed E-state index contributed by atoms with van der Waals surface area (Å²) in [6, 6.07) is 0. The molecule has 1 heterocycles. The predicted molar refractivity (Wildman–Crippen MR) is 65.4 cm³/mol. The monoisotopic (exact) mass is 237 g/mol. The molecule has 0 radical (unpaired) electrons. The topological polar surface area (TPSA) is 93.8 Å². The van der Waals surface area contributed by atoms with Gasteiger partial charge in [0.15, 0.2) is 0 Å². The number of nitrogens with one attached hydrogen (secondary N) is 1. The number of aromatic nitrogens is 3. The Bertz CT molecular complexity index is 393. The summed E-state index contributed by atoms with van der Waals surface area (Å²) >= 11 is 0. The molecule has 94 valence electrons. The fourth-order valence-corrected chi connectivity index (χ4v) is 1.43. The first-order valence-corrected chi connectivity index (χ1v) is 5.77. The number of hydrogen-bond acceptors (Lipinski definition) is 5. The predicted octanol–water partition coefficient (Wildman–Crippen LogP) is 0.802. The molecule has 0 saturated carbocycles. The Balaban J connectivity index is 2.69. The molecular formula is C11H19N5O. The number of hydrogen-bond donors (Lipinski definition) is 2. The van der Waals surface area contributed by atoms with Crippen LogP contribution in [-0.4, -0.2) is 27.6 Å². The number of anilines is 1. The Morgan fingerprint density at radius 1 is 1.35 bits per heavy atom. The number of aryl methyl sites for hydroxylation is 2. The fraction of sp³-hybridized carbons (Fsp3) is 0.636. The summed E-state index contributed by atoms with van der Waals surface area (Å²) in [4.78, 5) is 16.0. The molecular weight excluding hydrogens is 218 g/mol. The molecule has 0 aromatic carbocycles. The van der Waals surface area contributed by atoms with Gasteiger partial charge in [-0.15, -0.1) is 5.10 Å². The van der Waals surface area contributed by atoms with E-state index in [1.807, 2.05) is 20.8 Å². The summed E-state index contributed by atoms with van der Waals surface area (Å²) in [5, 5.41) is 10.4. The Morgan fingerprint density at radius 3 is 2.59 bits per heavy atom. The summed E-state index contributed by atoms with van der Waals surface area (Å²) < 4.78 is 0. The minimum absolute atomic E-state index is 0.139. The molecule has 0 spiro atoms. The van der Waals surface area contributed by atoms with Crippen molar-refractivity contribution in [1.29, 1.82) is 0 Å². The highest BCUT2D eigenvalue weighted by Crippen LogP contribution is 2.08. The van der Waals surface area contributed by atoms with Crippen molar-refractivity contribution < 1.29 is 4.79 Å². The van der Waals surface area contributed by atoms with Crippen molar-refractivity contribution in [3.05, 3.63) is 11.4 Å². The van der Waals surface area contributed by atoms with Crippen LogP contribution >= 0.6 is 0 Å². The lowest BCUT2D eigenvalue weighted by atomic mass is 10.0. The van der Waals surface area contributed by atoms with E-state index >= 15 is 0 Å². The van der Waals surface area contributed by atoms with Gasteiger partial charge in [-0.2, -0.15) is 5.10 Å². The first-order chi connectivity index (χ1) is 8.08. The van der Waals surface area contributed by atoms with E-state index in [9.17, 15) is 4.79 Å². The second kappa shape index (κ2) is 6.24.